The van der Waals surface area contributed by atoms with Crippen LogP contribution in [0.4, 0.5) is 11.4 Å². The van der Waals surface area contributed by atoms with Crippen LogP contribution in [0.5, 0.6) is 0 Å². The molecule has 0 saturated carbocycles. The van der Waals surface area contributed by atoms with E-state index in [0.29, 0.717) is 5.56 Å². The molecule has 8 nitrogen and oxygen atoms in total. The van der Waals surface area contributed by atoms with Crippen LogP contribution in [0.3, 0.4) is 0 Å². The van der Waals surface area contributed by atoms with Crippen LogP contribution in [-0.2, 0) is 5.75 Å². The molecular formula is C8H9ClN4O4S. The lowest BCUT2D eigenvalue weighted by Crippen LogP contribution is -2.05. The lowest BCUT2D eigenvalue weighted by atomic mass is 10.2. The number of halogens is 1. The molecule has 3 N–H and O–H groups in total. The van der Waals surface area contributed by atoms with Gasteiger partial charge in [0.1, 0.15) is 0 Å². The van der Waals surface area contributed by atoms with Gasteiger partial charge in [-0.15, -0.1) is 12.4 Å². The fourth-order valence-corrected chi connectivity index (χ4v) is 1.67. The van der Waals surface area contributed by atoms with Crippen molar-refractivity contribution >= 4 is 40.7 Å². The summed E-state index contributed by atoms with van der Waals surface area (Å²) in [4.78, 5) is 19.8. The van der Waals surface area contributed by atoms with Crippen molar-refractivity contribution in [3.05, 3.63) is 44.0 Å². The first-order valence-corrected chi connectivity index (χ1v) is 5.29. The zero-order chi connectivity index (χ0) is 13.0. The molecule has 0 amide bonds. The highest BCUT2D eigenvalue weighted by atomic mass is 35.5. The molecule has 18 heavy (non-hydrogen) atoms. The summed E-state index contributed by atoms with van der Waals surface area (Å²) in [5, 5.41) is 28.0. The van der Waals surface area contributed by atoms with Crippen molar-refractivity contribution < 1.29 is 9.85 Å². The van der Waals surface area contributed by atoms with Crippen LogP contribution in [-0.4, -0.2) is 15.0 Å². The summed E-state index contributed by atoms with van der Waals surface area (Å²) in [5.74, 6) is 0.129. The summed E-state index contributed by atoms with van der Waals surface area (Å²) >= 11 is 0.917. The van der Waals surface area contributed by atoms with E-state index in [9.17, 15) is 20.2 Å². The summed E-state index contributed by atoms with van der Waals surface area (Å²) < 4.78 is 0. The standard InChI is InChI=1S/C8H8N4O4S.ClH/c9-8(10)17-4-5-1-2-6(11(13)14)3-7(5)12(15)16;/h1-3H,4H2,(H3,9,10);1H. The molecule has 0 saturated heterocycles. The molecule has 0 unspecified atom stereocenters. The molecular weight excluding hydrogens is 284 g/mol. The number of benzene rings is 1. The van der Waals surface area contributed by atoms with E-state index >= 15 is 0 Å². The van der Waals surface area contributed by atoms with Crippen molar-refractivity contribution in [2.24, 2.45) is 5.73 Å². The van der Waals surface area contributed by atoms with Gasteiger partial charge in [0.05, 0.1) is 15.9 Å². The Labute approximate surface area is 112 Å². The summed E-state index contributed by atoms with van der Waals surface area (Å²) in [7, 11) is 0. The fraction of sp³-hybridized carbons (Fsp3) is 0.125. The van der Waals surface area contributed by atoms with E-state index in [0.717, 1.165) is 17.8 Å². The van der Waals surface area contributed by atoms with Crippen LogP contribution in [0, 0.1) is 25.6 Å². The minimum absolute atomic E-state index is 0. The molecule has 1 aromatic carbocycles. The maximum atomic E-state index is 10.7. The van der Waals surface area contributed by atoms with Crippen LogP contribution in [0.25, 0.3) is 0 Å². The van der Waals surface area contributed by atoms with Gasteiger partial charge in [-0.2, -0.15) is 0 Å². The van der Waals surface area contributed by atoms with E-state index < -0.39 is 9.85 Å². The number of nitro groups is 2. The van der Waals surface area contributed by atoms with E-state index in [1.807, 2.05) is 0 Å². The molecule has 1 rings (SSSR count). The minimum Gasteiger partial charge on any atom is -0.379 e. The maximum Gasteiger partial charge on any atom is 0.280 e. The molecule has 0 aliphatic carbocycles. The van der Waals surface area contributed by atoms with E-state index in [2.05, 4.69) is 0 Å². The highest BCUT2D eigenvalue weighted by Crippen LogP contribution is 2.27. The molecule has 0 heterocycles. The second-order valence-electron chi connectivity index (χ2n) is 2.98. The summed E-state index contributed by atoms with van der Waals surface area (Å²) in [6.07, 6.45) is 0. The van der Waals surface area contributed by atoms with Crippen LogP contribution in [0.2, 0.25) is 0 Å². The quantitative estimate of drug-likeness (QED) is 0.377. The van der Waals surface area contributed by atoms with Crippen LogP contribution in [0.1, 0.15) is 5.56 Å². The number of hydrogen-bond donors (Lipinski definition) is 2. The first-order valence-electron chi connectivity index (χ1n) is 4.30. The fourth-order valence-electron chi connectivity index (χ4n) is 1.11. The van der Waals surface area contributed by atoms with Crippen molar-refractivity contribution in [2.75, 3.05) is 0 Å². The SMILES string of the molecule is Cl.N=C(N)SCc1ccc([N+](=O)[O-])cc1[N+](=O)[O-]. The Kier molecular flexibility index (Phi) is 6.06. The normalized spacial score (nSPS) is 9.33. The number of nitrogens with one attached hydrogen (secondary N) is 1. The zero-order valence-corrected chi connectivity index (χ0v) is 10.5. The molecule has 98 valence electrons. The Morgan fingerprint density at radius 3 is 2.39 bits per heavy atom. The summed E-state index contributed by atoms with van der Waals surface area (Å²) in [6.45, 7) is 0. The van der Waals surface area contributed by atoms with Crippen molar-refractivity contribution in [1.29, 1.82) is 5.41 Å². The third-order valence-electron chi connectivity index (χ3n) is 1.86. The van der Waals surface area contributed by atoms with Gasteiger partial charge in [-0.25, -0.2) is 0 Å². The molecule has 0 aromatic heterocycles. The lowest BCUT2D eigenvalue weighted by molar-refractivity contribution is -0.394. The van der Waals surface area contributed by atoms with Crippen molar-refractivity contribution in [1.82, 2.24) is 0 Å². The largest absolute Gasteiger partial charge is 0.379 e. The van der Waals surface area contributed by atoms with Crippen LogP contribution in [0.15, 0.2) is 18.2 Å². The molecule has 10 heteroatoms. The molecule has 0 atom stereocenters. The predicted molar refractivity (Wildman–Crippen MR) is 70.2 cm³/mol. The monoisotopic (exact) mass is 292 g/mol. The van der Waals surface area contributed by atoms with E-state index in [1.54, 1.807) is 0 Å². The smallest absolute Gasteiger partial charge is 0.280 e. The molecule has 0 aliphatic heterocycles. The summed E-state index contributed by atoms with van der Waals surface area (Å²) in [6, 6.07) is 3.38. The Hall–Kier alpha value is -1.87. The highest BCUT2D eigenvalue weighted by molar-refractivity contribution is 8.13. The second-order valence-corrected chi connectivity index (χ2v) is 4.00. The highest BCUT2D eigenvalue weighted by Gasteiger charge is 2.19. The van der Waals surface area contributed by atoms with Crippen molar-refractivity contribution in [2.45, 2.75) is 5.75 Å². The topological polar surface area (TPSA) is 136 Å². The number of hydrogen-bond acceptors (Lipinski definition) is 6. The number of nitro benzene ring substituents is 2. The number of rotatable bonds is 4. The maximum absolute atomic E-state index is 10.7. The van der Waals surface area contributed by atoms with Crippen LogP contribution >= 0.6 is 24.2 Å². The van der Waals surface area contributed by atoms with Gasteiger partial charge < -0.3 is 5.73 Å². The Bertz CT molecular complexity index is 496. The third-order valence-corrected chi connectivity index (χ3v) is 2.63. The van der Waals surface area contributed by atoms with Gasteiger partial charge >= 0.3 is 0 Å². The van der Waals surface area contributed by atoms with E-state index in [-0.39, 0.29) is 34.7 Å². The molecule has 0 fully saturated rings. The van der Waals surface area contributed by atoms with Gasteiger partial charge in [0, 0.05) is 17.4 Å². The first kappa shape index (κ1) is 16.1. The first-order chi connectivity index (χ1) is 7.91. The van der Waals surface area contributed by atoms with Gasteiger partial charge in [0.2, 0.25) is 0 Å². The minimum atomic E-state index is -0.700. The van der Waals surface area contributed by atoms with Crippen LogP contribution < -0.4 is 5.73 Å². The lowest BCUT2D eigenvalue weighted by Gasteiger charge is -2.01. The van der Waals surface area contributed by atoms with E-state index in [1.165, 1.54) is 12.1 Å². The Balaban J connectivity index is 0.00000289. The Morgan fingerprint density at radius 2 is 1.94 bits per heavy atom. The second kappa shape index (κ2) is 6.77. The van der Waals surface area contributed by atoms with Gasteiger partial charge in [0.15, 0.2) is 5.17 Å². The number of non-ortho nitro benzene ring substituents is 1. The zero-order valence-electron chi connectivity index (χ0n) is 8.86. The van der Waals surface area contributed by atoms with Crippen molar-refractivity contribution in [3.63, 3.8) is 0 Å². The predicted octanol–water partition coefficient (Wildman–Crippen LogP) is 2.05. The summed E-state index contributed by atoms with van der Waals surface area (Å²) in [5.41, 5.74) is 4.73. The average Bonchev–Trinajstić information content (AvgIpc) is 2.25. The number of nitrogens with zero attached hydrogens (tertiary/aromatic N) is 2. The van der Waals surface area contributed by atoms with Gasteiger partial charge in [-0.3, -0.25) is 25.6 Å². The molecule has 1 aromatic rings. The average molecular weight is 293 g/mol. The Morgan fingerprint density at radius 1 is 1.33 bits per heavy atom. The molecule has 0 aliphatic rings. The number of nitrogens with two attached hydrogens (primary N) is 1. The van der Waals surface area contributed by atoms with Crippen molar-refractivity contribution in [3.8, 4) is 0 Å². The van der Waals surface area contributed by atoms with Gasteiger partial charge in [-0.05, 0) is 6.07 Å². The molecule has 0 bridgehead atoms. The van der Waals surface area contributed by atoms with Gasteiger partial charge in [0.25, 0.3) is 11.4 Å². The molecule has 0 spiro atoms. The number of thioether (sulfide) groups is 1. The van der Waals surface area contributed by atoms with E-state index in [4.69, 9.17) is 11.1 Å². The third kappa shape index (κ3) is 4.18. The number of amidine groups is 1. The van der Waals surface area contributed by atoms with Gasteiger partial charge in [-0.1, -0.05) is 11.8 Å². The molecule has 0 radical (unpaired) electrons.